The number of rotatable bonds is 10. The number of aliphatic hydroxyl groups is 1. The van der Waals surface area contributed by atoms with Crippen LogP contribution in [0.2, 0.25) is 0 Å². The van der Waals surface area contributed by atoms with Gasteiger partial charge in [-0.25, -0.2) is 0 Å². The second-order valence-electron chi connectivity index (χ2n) is 12.2. The molecule has 1 saturated heterocycles. The van der Waals surface area contributed by atoms with E-state index in [1.165, 1.54) is 4.90 Å². The SMILES string of the molecule is CCCC(=O)OCCN1C(=O)[C@@H]2[C@@H]3C(C(O)(c4ccccc4)c4ccccn4)=C[C@@H](C3=C(c3ccccc3)c3ccccn3)[C@@H]2C1=O. The molecule has 3 aliphatic rings. The molecule has 8 nitrogen and oxygen atoms in total. The molecule has 1 saturated carbocycles. The van der Waals surface area contributed by atoms with E-state index in [0.717, 1.165) is 22.4 Å². The highest BCUT2D eigenvalue weighted by Gasteiger charge is 2.66. The van der Waals surface area contributed by atoms with Crippen molar-refractivity contribution < 1.29 is 24.2 Å². The topological polar surface area (TPSA) is 110 Å². The van der Waals surface area contributed by atoms with Gasteiger partial charge in [0, 0.05) is 36.2 Å². The molecule has 47 heavy (non-hydrogen) atoms. The average Bonchev–Trinajstić information content (AvgIpc) is 3.73. The van der Waals surface area contributed by atoms with E-state index in [-0.39, 0.29) is 37.4 Å². The van der Waals surface area contributed by atoms with Crippen molar-refractivity contribution in [1.82, 2.24) is 14.9 Å². The van der Waals surface area contributed by atoms with E-state index >= 15 is 0 Å². The summed E-state index contributed by atoms with van der Waals surface area (Å²) in [6, 6.07) is 30.3. The van der Waals surface area contributed by atoms with Crippen LogP contribution in [-0.4, -0.2) is 50.9 Å². The van der Waals surface area contributed by atoms with Crippen molar-refractivity contribution in [3.8, 4) is 0 Å². The molecule has 0 radical (unpaired) electrons. The van der Waals surface area contributed by atoms with Gasteiger partial charge in [0.1, 0.15) is 6.61 Å². The first-order chi connectivity index (χ1) is 22.9. The number of imide groups is 1. The zero-order valence-electron chi connectivity index (χ0n) is 26.0. The van der Waals surface area contributed by atoms with Crippen LogP contribution in [0.3, 0.4) is 0 Å². The van der Waals surface area contributed by atoms with Crippen molar-refractivity contribution >= 4 is 23.4 Å². The summed E-state index contributed by atoms with van der Waals surface area (Å²) in [7, 11) is 0. The van der Waals surface area contributed by atoms with Crippen molar-refractivity contribution in [3.63, 3.8) is 0 Å². The monoisotopic (exact) mass is 625 g/mol. The minimum absolute atomic E-state index is 0.0110. The third-order valence-electron chi connectivity index (χ3n) is 9.57. The van der Waals surface area contributed by atoms with Gasteiger partial charge in [0.05, 0.1) is 29.8 Å². The fourth-order valence-electron chi connectivity index (χ4n) is 7.66. The first kappa shape index (κ1) is 30.4. The molecule has 2 bridgehead atoms. The second kappa shape index (κ2) is 12.5. The molecule has 8 heteroatoms. The van der Waals surface area contributed by atoms with Crippen LogP contribution >= 0.6 is 0 Å². The van der Waals surface area contributed by atoms with E-state index in [0.29, 0.717) is 23.3 Å². The predicted octanol–water partition coefficient (Wildman–Crippen LogP) is 5.35. The summed E-state index contributed by atoms with van der Waals surface area (Å²) in [5.41, 5.74) is 3.34. The number of likely N-dealkylation sites (tertiary alicyclic amines) is 1. The number of allylic oxidation sites excluding steroid dienone is 2. The number of hydrogen-bond donors (Lipinski definition) is 1. The Morgan fingerprint density at radius 3 is 2.17 bits per heavy atom. The minimum atomic E-state index is -1.68. The molecular weight excluding hydrogens is 590 g/mol. The van der Waals surface area contributed by atoms with E-state index < -0.39 is 29.3 Å². The third-order valence-corrected chi connectivity index (χ3v) is 9.57. The summed E-state index contributed by atoms with van der Waals surface area (Å²) >= 11 is 0. The number of esters is 1. The highest BCUT2D eigenvalue weighted by molar-refractivity contribution is 6.08. The number of carbonyl (C=O) groups is 3. The van der Waals surface area contributed by atoms with Crippen LogP contribution in [0.15, 0.2) is 127 Å². The molecule has 4 aromatic rings. The van der Waals surface area contributed by atoms with Gasteiger partial charge in [-0.2, -0.15) is 0 Å². The van der Waals surface area contributed by atoms with Gasteiger partial charge in [0.15, 0.2) is 5.60 Å². The molecule has 1 N–H and O–H groups in total. The molecule has 2 aromatic carbocycles. The molecule has 7 rings (SSSR count). The van der Waals surface area contributed by atoms with Crippen LogP contribution in [-0.2, 0) is 24.7 Å². The zero-order valence-corrected chi connectivity index (χ0v) is 26.0. The van der Waals surface area contributed by atoms with Crippen LogP contribution in [0.4, 0.5) is 0 Å². The van der Waals surface area contributed by atoms with E-state index in [9.17, 15) is 19.5 Å². The van der Waals surface area contributed by atoms with Gasteiger partial charge in [-0.05, 0) is 53.0 Å². The van der Waals surface area contributed by atoms with E-state index in [2.05, 4.69) is 4.98 Å². The summed E-state index contributed by atoms with van der Waals surface area (Å²) in [5.74, 6) is -3.50. The lowest BCUT2D eigenvalue weighted by Gasteiger charge is -2.36. The number of nitrogens with zero attached hydrogens (tertiary/aromatic N) is 3. The number of carbonyl (C=O) groups excluding carboxylic acids is 3. The van der Waals surface area contributed by atoms with Crippen molar-refractivity contribution in [2.75, 3.05) is 13.2 Å². The third kappa shape index (κ3) is 5.09. The molecule has 2 aliphatic carbocycles. The maximum atomic E-state index is 14.4. The average molecular weight is 626 g/mol. The molecule has 3 heterocycles. The van der Waals surface area contributed by atoms with Gasteiger partial charge in [0.25, 0.3) is 0 Å². The molecule has 1 unspecified atom stereocenters. The molecular formula is C39H35N3O5. The van der Waals surface area contributed by atoms with Crippen LogP contribution in [0.1, 0.15) is 42.3 Å². The van der Waals surface area contributed by atoms with Crippen molar-refractivity contribution in [3.05, 3.63) is 149 Å². The fraction of sp³-hybridized carbons (Fsp3) is 0.256. The quantitative estimate of drug-likeness (QED) is 0.144. The Hall–Kier alpha value is -5.21. The summed E-state index contributed by atoms with van der Waals surface area (Å²) < 4.78 is 5.33. The predicted molar refractivity (Wildman–Crippen MR) is 175 cm³/mol. The van der Waals surface area contributed by atoms with Crippen LogP contribution in [0.25, 0.3) is 5.57 Å². The maximum absolute atomic E-state index is 14.4. The molecule has 2 aromatic heterocycles. The highest BCUT2D eigenvalue weighted by atomic mass is 16.5. The Morgan fingerprint density at radius 2 is 1.51 bits per heavy atom. The van der Waals surface area contributed by atoms with Crippen molar-refractivity contribution in [2.24, 2.45) is 23.7 Å². The Balaban J connectivity index is 1.41. The summed E-state index contributed by atoms with van der Waals surface area (Å²) in [6.45, 7) is 1.82. The smallest absolute Gasteiger partial charge is 0.305 e. The molecule has 0 spiro atoms. The van der Waals surface area contributed by atoms with Crippen molar-refractivity contribution in [2.45, 2.75) is 25.4 Å². The van der Waals surface area contributed by atoms with E-state index in [1.54, 1.807) is 24.5 Å². The van der Waals surface area contributed by atoms with E-state index in [4.69, 9.17) is 9.72 Å². The Labute approximate surface area is 273 Å². The number of fused-ring (bicyclic) bond motifs is 5. The van der Waals surface area contributed by atoms with Crippen LogP contribution in [0, 0.1) is 23.7 Å². The largest absolute Gasteiger partial charge is 0.464 e. The lowest BCUT2D eigenvalue weighted by molar-refractivity contribution is -0.148. The summed E-state index contributed by atoms with van der Waals surface area (Å²) in [6.07, 6.45) is 6.30. The van der Waals surface area contributed by atoms with Crippen LogP contribution < -0.4 is 0 Å². The van der Waals surface area contributed by atoms with Crippen LogP contribution in [0.5, 0.6) is 0 Å². The highest BCUT2D eigenvalue weighted by Crippen LogP contribution is 2.64. The number of hydrogen-bond acceptors (Lipinski definition) is 7. The number of aromatic nitrogens is 2. The Morgan fingerprint density at radius 1 is 0.851 bits per heavy atom. The molecule has 2 fully saturated rings. The van der Waals surface area contributed by atoms with Crippen molar-refractivity contribution in [1.29, 1.82) is 0 Å². The Bertz CT molecular complexity index is 1780. The normalized spacial score (nSPS) is 23.7. The molecule has 1 aliphatic heterocycles. The molecule has 236 valence electrons. The molecule has 2 amide bonds. The number of benzene rings is 2. The first-order valence-corrected chi connectivity index (χ1v) is 16.1. The number of pyridine rings is 2. The van der Waals surface area contributed by atoms with Gasteiger partial charge < -0.3 is 9.84 Å². The van der Waals surface area contributed by atoms with Gasteiger partial charge in [-0.1, -0.05) is 85.8 Å². The molecule has 5 atom stereocenters. The van der Waals surface area contributed by atoms with E-state index in [1.807, 2.05) is 97.9 Å². The zero-order chi connectivity index (χ0) is 32.5. The van der Waals surface area contributed by atoms with Gasteiger partial charge in [-0.15, -0.1) is 0 Å². The Kier molecular flexibility index (Phi) is 8.12. The van der Waals surface area contributed by atoms with Gasteiger partial charge in [0.2, 0.25) is 11.8 Å². The van der Waals surface area contributed by atoms with Gasteiger partial charge in [-0.3, -0.25) is 29.3 Å². The summed E-state index contributed by atoms with van der Waals surface area (Å²) in [4.78, 5) is 51.2. The first-order valence-electron chi connectivity index (χ1n) is 16.1. The number of ether oxygens (including phenoxy) is 1. The standard InChI is InChI=1S/C39H35N3O5/c1-2-13-31(43)47-23-22-42-37(44)34-27-24-28(39(46,26-16-7-4-8-17-26)30-19-10-12-21-41-30)35(36(34)38(42)45)33(27)32(25-14-5-3-6-15-25)29-18-9-11-20-40-29/h3-12,14-21,24,27,34-36,46H,2,13,22-23H2,1H3/t27-,34-,35+,36-,39?/m0/s1. The minimum Gasteiger partial charge on any atom is -0.464 e. The summed E-state index contributed by atoms with van der Waals surface area (Å²) in [5, 5.41) is 13.0. The fourth-order valence-corrected chi connectivity index (χ4v) is 7.66. The number of amides is 2. The van der Waals surface area contributed by atoms with Gasteiger partial charge >= 0.3 is 5.97 Å². The second-order valence-corrected chi connectivity index (χ2v) is 12.2. The maximum Gasteiger partial charge on any atom is 0.305 e. The lowest BCUT2D eigenvalue weighted by atomic mass is 9.71. The lowest BCUT2D eigenvalue weighted by Crippen LogP contribution is -2.39.